The van der Waals surface area contributed by atoms with Crippen LogP contribution in [0.2, 0.25) is 5.02 Å². The second-order valence-electron chi connectivity index (χ2n) is 6.02. The van der Waals surface area contributed by atoms with Gasteiger partial charge < -0.3 is 15.7 Å². The summed E-state index contributed by atoms with van der Waals surface area (Å²) in [6, 6.07) is 13.4. The molecule has 2 aromatic carbocycles. The Morgan fingerprint density at radius 3 is 2.39 bits per heavy atom. The number of thiocarbonyl (C=S) groups is 1. The van der Waals surface area contributed by atoms with Crippen LogP contribution in [0.4, 0.5) is 5.69 Å². The first-order valence-corrected chi connectivity index (χ1v) is 8.17. The SMILES string of the molecule is Cc1cc(Cl)ccc1NC(=S)NCc1ccc(C(C)(C)O)cc1. The van der Waals surface area contributed by atoms with E-state index in [0.29, 0.717) is 16.7 Å². The van der Waals surface area contributed by atoms with Crippen LogP contribution in [0.5, 0.6) is 0 Å². The summed E-state index contributed by atoms with van der Waals surface area (Å²) in [7, 11) is 0. The van der Waals surface area contributed by atoms with E-state index in [-0.39, 0.29) is 0 Å². The lowest BCUT2D eigenvalue weighted by Gasteiger charge is -2.18. The van der Waals surface area contributed by atoms with Crippen LogP contribution in [0.15, 0.2) is 42.5 Å². The molecule has 0 amide bonds. The van der Waals surface area contributed by atoms with Gasteiger partial charge in [-0.05, 0) is 67.9 Å². The van der Waals surface area contributed by atoms with Gasteiger partial charge in [0.15, 0.2) is 5.11 Å². The lowest BCUT2D eigenvalue weighted by molar-refractivity contribution is 0.0786. The predicted octanol–water partition coefficient (Wildman–Crippen LogP) is 4.36. The van der Waals surface area contributed by atoms with Crippen molar-refractivity contribution in [1.82, 2.24) is 5.32 Å². The summed E-state index contributed by atoms with van der Waals surface area (Å²) in [6.45, 7) is 6.14. The van der Waals surface area contributed by atoms with Crippen LogP contribution in [0.1, 0.15) is 30.5 Å². The van der Waals surface area contributed by atoms with Gasteiger partial charge in [0.25, 0.3) is 0 Å². The second kappa shape index (κ2) is 7.30. The van der Waals surface area contributed by atoms with Crippen molar-refractivity contribution in [2.45, 2.75) is 32.9 Å². The predicted molar refractivity (Wildman–Crippen MR) is 101 cm³/mol. The number of halogens is 1. The number of aryl methyl sites for hydroxylation is 1. The summed E-state index contributed by atoms with van der Waals surface area (Å²) in [4.78, 5) is 0. The van der Waals surface area contributed by atoms with Gasteiger partial charge in [-0.15, -0.1) is 0 Å². The molecular weight excluding hydrogens is 328 g/mol. The Morgan fingerprint density at radius 2 is 1.83 bits per heavy atom. The van der Waals surface area contributed by atoms with Gasteiger partial charge in [-0.3, -0.25) is 0 Å². The van der Waals surface area contributed by atoms with Crippen molar-refractivity contribution in [2.75, 3.05) is 5.32 Å². The van der Waals surface area contributed by atoms with Crippen molar-refractivity contribution >= 4 is 34.6 Å². The molecule has 3 N–H and O–H groups in total. The van der Waals surface area contributed by atoms with Gasteiger partial charge in [-0.2, -0.15) is 0 Å². The topological polar surface area (TPSA) is 44.3 Å². The zero-order valence-corrected chi connectivity index (χ0v) is 15.1. The Bertz CT molecular complexity index is 693. The Balaban J connectivity index is 1.91. The van der Waals surface area contributed by atoms with E-state index in [2.05, 4.69) is 10.6 Å². The van der Waals surface area contributed by atoms with Crippen molar-refractivity contribution in [1.29, 1.82) is 0 Å². The zero-order valence-electron chi connectivity index (χ0n) is 13.5. The molecule has 23 heavy (non-hydrogen) atoms. The maximum atomic E-state index is 9.95. The standard InChI is InChI=1S/C18H21ClN2OS/c1-12-10-15(19)8-9-16(12)21-17(23)20-11-13-4-6-14(7-5-13)18(2,3)22/h4-10,22H,11H2,1-3H3,(H2,20,21,23). The molecule has 0 fully saturated rings. The van der Waals surface area contributed by atoms with Crippen LogP contribution >= 0.6 is 23.8 Å². The van der Waals surface area contributed by atoms with Gasteiger partial charge in [0.1, 0.15) is 0 Å². The Morgan fingerprint density at radius 1 is 1.17 bits per heavy atom. The minimum absolute atomic E-state index is 0.557. The third kappa shape index (κ3) is 5.20. The fourth-order valence-corrected chi connectivity index (χ4v) is 2.56. The van der Waals surface area contributed by atoms with Gasteiger partial charge in [0, 0.05) is 17.3 Å². The van der Waals surface area contributed by atoms with Gasteiger partial charge in [-0.1, -0.05) is 35.9 Å². The number of anilines is 1. The van der Waals surface area contributed by atoms with E-state index in [0.717, 1.165) is 22.4 Å². The first-order chi connectivity index (χ1) is 10.8. The van der Waals surface area contributed by atoms with Gasteiger partial charge >= 0.3 is 0 Å². The molecule has 122 valence electrons. The van der Waals surface area contributed by atoms with E-state index < -0.39 is 5.60 Å². The van der Waals surface area contributed by atoms with Crippen molar-refractivity contribution in [3.63, 3.8) is 0 Å². The van der Waals surface area contributed by atoms with Crippen LogP contribution in [-0.4, -0.2) is 10.2 Å². The largest absolute Gasteiger partial charge is 0.386 e. The average molecular weight is 349 g/mol. The van der Waals surface area contributed by atoms with E-state index in [1.807, 2.05) is 49.4 Å². The third-order valence-electron chi connectivity index (χ3n) is 3.55. The first kappa shape index (κ1) is 17.7. The molecule has 5 heteroatoms. The number of hydrogen-bond donors (Lipinski definition) is 3. The number of aliphatic hydroxyl groups is 1. The lowest BCUT2D eigenvalue weighted by atomic mass is 9.97. The molecule has 0 spiro atoms. The summed E-state index contributed by atoms with van der Waals surface area (Å²) in [5, 5.41) is 17.6. The zero-order chi connectivity index (χ0) is 17.0. The maximum absolute atomic E-state index is 9.95. The molecule has 0 aromatic heterocycles. The van der Waals surface area contributed by atoms with Gasteiger partial charge in [-0.25, -0.2) is 0 Å². The Hall–Kier alpha value is -1.62. The lowest BCUT2D eigenvalue weighted by Crippen LogP contribution is -2.28. The van der Waals surface area contributed by atoms with E-state index in [9.17, 15) is 5.11 Å². The third-order valence-corrected chi connectivity index (χ3v) is 4.03. The molecule has 0 unspecified atom stereocenters. The molecule has 0 atom stereocenters. The molecule has 2 rings (SSSR count). The Labute approximate surface area is 147 Å². The van der Waals surface area contributed by atoms with Gasteiger partial charge in [0.05, 0.1) is 5.60 Å². The van der Waals surface area contributed by atoms with Crippen LogP contribution in [-0.2, 0) is 12.1 Å². The molecule has 0 aliphatic heterocycles. The summed E-state index contributed by atoms with van der Waals surface area (Å²) < 4.78 is 0. The number of hydrogen-bond acceptors (Lipinski definition) is 2. The smallest absolute Gasteiger partial charge is 0.171 e. The molecule has 2 aromatic rings. The average Bonchev–Trinajstić information content (AvgIpc) is 2.47. The number of nitrogens with one attached hydrogen (secondary N) is 2. The van der Waals surface area contributed by atoms with E-state index in [1.165, 1.54) is 0 Å². The normalized spacial score (nSPS) is 11.2. The fraction of sp³-hybridized carbons (Fsp3) is 0.278. The van der Waals surface area contributed by atoms with Crippen LogP contribution in [0.25, 0.3) is 0 Å². The molecule has 0 aliphatic rings. The molecule has 3 nitrogen and oxygen atoms in total. The summed E-state index contributed by atoms with van der Waals surface area (Å²) in [5.74, 6) is 0. The monoisotopic (exact) mass is 348 g/mol. The second-order valence-corrected chi connectivity index (χ2v) is 6.87. The van der Waals surface area contributed by atoms with Crippen molar-refractivity contribution < 1.29 is 5.11 Å². The van der Waals surface area contributed by atoms with E-state index in [4.69, 9.17) is 23.8 Å². The minimum atomic E-state index is -0.824. The highest BCUT2D eigenvalue weighted by molar-refractivity contribution is 7.80. The Kier molecular flexibility index (Phi) is 5.63. The molecule has 0 saturated carbocycles. The molecular formula is C18H21ClN2OS. The van der Waals surface area contributed by atoms with E-state index >= 15 is 0 Å². The van der Waals surface area contributed by atoms with Gasteiger partial charge in [0.2, 0.25) is 0 Å². The van der Waals surface area contributed by atoms with Crippen LogP contribution < -0.4 is 10.6 Å². The van der Waals surface area contributed by atoms with Crippen molar-refractivity contribution in [3.05, 3.63) is 64.2 Å². The first-order valence-electron chi connectivity index (χ1n) is 7.38. The number of rotatable bonds is 4. The minimum Gasteiger partial charge on any atom is -0.386 e. The summed E-state index contributed by atoms with van der Waals surface area (Å²) in [6.07, 6.45) is 0. The number of benzene rings is 2. The summed E-state index contributed by atoms with van der Waals surface area (Å²) in [5.41, 5.74) is 3.13. The van der Waals surface area contributed by atoms with Crippen molar-refractivity contribution in [2.24, 2.45) is 0 Å². The van der Waals surface area contributed by atoms with E-state index in [1.54, 1.807) is 13.8 Å². The van der Waals surface area contributed by atoms with Crippen LogP contribution in [0, 0.1) is 6.92 Å². The summed E-state index contributed by atoms with van der Waals surface area (Å²) >= 11 is 11.3. The quantitative estimate of drug-likeness (QED) is 0.718. The molecule has 0 saturated heterocycles. The molecule has 0 bridgehead atoms. The highest BCUT2D eigenvalue weighted by Crippen LogP contribution is 2.20. The maximum Gasteiger partial charge on any atom is 0.171 e. The molecule has 0 heterocycles. The highest BCUT2D eigenvalue weighted by atomic mass is 35.5. The van der Waals surface area contributed by atoms with Crippen molar-refractivity contribution in [3.8, 4) is 0 Å². The molecule has 0 radical (unpaired) electrons. The van der Waals surface area contributed by atoms with Crippen LogP contribution in [0.3, 0.4) is 0 Å². The molecule has 0 aliphatic carbocycles. The fourth-order valence-electron chi connectivity index (χ4n) is 2.15. The highest BCUT2D eigenvalue weighted by Gasteiger charge is 2.14.